The van der Waals surface area contributed by atoms with Gasteiger partial charge in [-0.05, 0) is 18.1 Å². The average molecular weight is 276 g/mol. The molecule has 1 aromatic carbocycles. The van der Waals surface area contributed by atoms with Gasteiger partial charge in [0.25, 0.3) is 0 Å². The van der Waals surface area contributed by atoms with Crippen LogP contribution in [0.5, 0.6) is 0 Å². The van der Waals surface area contributed by atoms with E-state index < -0.39 is 6.29 Å². The van der Waals surface area contributed by atoms with Gasteiger partial charge < -0.3 is 9.84 Å². The molecule has 0 radical (unpaired) electrons. The first kappa shape index (κ1) is 16.9. The van der Waals surface area contributed by atoms with Crippen molar-refractivity contribution in [2.75, 3.05) is 6.61 Å². The van der Waals surface area contributed by atoms with Crippen LogP contribution in [0.3, 0.4) is 0 Å². The van der Waals surface area contributed by atoms with Gasteiger partial charge in [-0.15, -0.1) is 0 Å². The summed E-state index contributed by atoms with van der Waals surface area (Å²) in [7, 11) is 0. The maximum absolute atomic E-state index is 9.67. The third-order valence-electron chi connectivity index (χ3n) is 3.29. The van der Waals surface area contributed by atoms with E-state index in [1.807, 2.05) is 36.4 Å². The fourth-order valence-electron chi connectivity index (χ4n) is 2.08. The van der Waals surface area contributed by atoms with Crippen LogP contribution >= 0.6 is 0 Å². The molecule has 1 unspecified atom stereocenters. The van der Waals surface area contributed by atoms with Gasteiger partial charge in [0.2, 0.25) is 0 Å². The first-order chi connectivity index (χ1) is 9.83. The predicted octanol–water partition coefficient (Wildman–Crippen LogP) is 4.79. The Labute approximate surface area is 123 Å². The van der Waals surface area contributed by atoms with Crippen LogP contribution in [0.2, 0.25) is 0 Å². The Morgan fingerprint density at radius 1 is 1.00 bits per heavy atom. The molecule has 1 N–H and O–H groups in total. The lowest BCUT2D eigenvalue weighted by molar-refractivity contribution is -0.0645. The van der Waals surface area contributed by atoms with E-state index in [1.54, 1.807) is 6.08 Å². The maximum atomic E-state index is 9.67. The van der Waals surface area contributed by atoms with Crippen molar-refractivity contribution in [3.63, 3.8) is 0 Å². The molecule has 0 aliphatic heterocycles. The fourth-order valence-corrected chi connectivity index (χ4v) is 2.08. The van der Waals surface area contributed by atoms with Gasteiger partial charge in [0.05, 0.1) is 6.61 Å². The predicted molar refractivity (Wildman–Crippen MR) is 85.4 cm³/mol. The molecule has 0 aliphatic rings. The first-order valence-electron chi connectivity index (χ1n) is 7.86. The molecular weight excluding hydrogens is 248 g/mol. The summed E-state index contributed by atoms with van der Waals surface area (Å²) in [5, 5.41) is 9.67. The molecule has 1 atom stereocenters. The van der Waals surface area contributed by atoms with Crippen molar-refractivity contribution in [3.8, 4) is 0 Å². The Kier molecular flexibility index (Phi) is 9.89. The number of rotatable bonds is 11. The van der Waals surface area contributed by atoms with E-state index in [2.05, 4.69) is 6.92 Å². The van der Waals surface area contributed by atoms with Gasteiger partial charge in [-0.1, -0.05) is 81.9 Å². The lowest BCUT2D eigenvalue weighted by Crippen LogP contribution is -2.09. The summed E-state index contributed by atoms with van der Waals surface area (Å²) in [6.07, 6.45) is 11.6. The van der Waals surface area contributed by atoms with E-state index in [0.717, 1.165) is 12.0 Å². The van der Waals surface area contributed by atoms with Gasteiger partial charge in [0, 0.05) is 0 Å². The number of hydrogen-bond donors (Lipinski definition) is 1. The minimum Gasteiger partial charge on any atom is -0.365 e. The van der Waals surface area contributed by atoms with Crippen molar-refractivity contribution in [3.05, 3.63) is 42.0 Å². The minimum atomic E-state index is -0.796. The van der Waals surface area contributed by atoms with Crippen molar-refractivity contribution in [1.29, 1.82) is 0 Å². The summed E-state index contributed by atoms with van der Waals surface area (Å²) in [4.78, 5) is 0. The zero-order valence-electron chi connectivity index (χ0n) is 12.6. The van der Waals surface area contributed by atoms with Crippen molar-refractivity contribution in [2.24, 2.45) is 0 Å². The highest BCUT2D eigenvalue weighted by Gasteiger charge is 1.98. The molecule has 2 heteroatoms. The van der Waals surface area contributed by atoms with E-state index in [9.17, 15) is 5.11 Å². The van der Waals surface area contributed by atoms with Crippen LogP contribution < -0.4 is 0 Å². The summed E-state index contributed by atoms with van der Waals surface area (Å²) >= 11 is 0. The van der Waals surface area contributed by atoms with Crippen LogP contribution in [0, 0.1) is 0 Å². The molecule has 0 saturated carbocycles. The zero-order valence-corrected chi connectivity index (χ0v) is 12.6. The molecule has 0 aromatic heterocycles. The SMILES string of the molecule is CCCCCCCCCOC(O)/C=C/c1ccccc1. The number of aliphatic hydroxyl groups excluding tert-OH is 1. The maximum Gasteiger partial charge on any atom is 0.174 e. The van der Waals surface area contributed by atoms with Gasteiger partial charge in [-0.25, -0.2) is 0 Å². The van der Waals surface area contributed by atoms with E-state index in [1.165, 1.54) is 38.5 Å². The smallest absolute Gasteiger partial charge is 0.174 e. The zero-order chi connectivity index (χ0) is 14.5. The fraction of sp³-hybridized carbons (Fsp3) is 0.556. The van der Waals surface area contributed by atoms with Crippen molar-refractivity contribution in [2.45, 2.75) is 58.2 Å². The molecule has 2 nitrogen and oxygen atoms in total. The van der Waals surface area contributed by atoms with Gasteiger partial charge in [-0.2, -0.15) is 0 Å². The highest BCUT2D eigenvalue weighted by atomic mass is 16.6. The molecule has 0 bridgehead atoms. The largest absolute Gasteiger partial charge is 0.365 e. The molecule has 0 amide bonds. The van der Waals surface area contributed by atoms with Crippen LogP contribution in [0.15, 0.2) is 36.4 Å². The third-order valence-corrected chi connectivity index (χ3v) is 3.29. The van der Waals surface area contributed by atoms with E-state index in [0.29, 0.717) is 6.61 Å². The normalized spacial score (nSPS) is 12.9. The molecule has 1 rings (SSSR count). The van der Waals surface area contributed by atoms with Crippen LogP contribution in [-0.2, 0) is 4.74 Å². The number of benzene rings is 1. The Hall–Kier alpha value is -1.12. The molecule has 112 valence electrons. The van der Waals surface area contributed by atoms with Gasteiger partial charge >= 0.3 is 0 Å². The Morgan fingerprint density at radius 2 is 1.65 bits per heavy atom. The van der Waals surface area contributed by atoms with Crippen molar-refractivity contribution >= 4 is 6.08 Å². The summed E-state index contributed by atoms with van der Waals surface area (Å²) < 4.78 is 5.36. The Bertz CT molecular complexity index is 346. The molecule has 1 aromatic rings. The molecule has 0 heterocycles. The van der Waals surface area contributed by atoms with Crippen LogP contribution in [-0.4, -0.2) is 18.0 Å². The second kappa shape index (κ2) is 11.7. The molecule has 0 spiro atoms. The van der Waals surface area contributed by atoms with E-state index >= 15 is 0 Å². The highest BCUT2D eigenvalue weighted by Crippen LogP contribution is 2.08. The van der Waals surface area contributed by atoms with Crippen molar-refractivity contribution in [1.82, 2.24) is 0 Å². The number of hydrogen-bond acceptors (Lipinski definition) is 2. The highest BCUT2D eigenvalue weighted by molar-refractivity contribution is 5.48. The average Bonchev–Trinajstić information content (AvgIpc) is 2.49. The monoisotopic (exact) mass is 276 g/mol. The molecule has 0 saturated heterocycles. The number of ether oxygens (including phenoxy) is 1. The standard InChI is InChI=1S/C18H28O2/c1-2-3-4-5-6-7-11-16-20-18(19)15-14-17-12-9-8-10-13-17/h8-10,12-15,18-19H,2-7,11,16H2,1H3/b15-14+. The summed E-state index contributed by atoms with van der Waals surface area (Å²) in [6, 6.07) is 9.93. The molecule has 20 heavy (non-hydrogen) atoms. The van der Waals surface area contributed by atoms with Crippen LogP contribution in [0.4, 0.5) is 0 Å². The topological polar surface area (TPSA) is 29.5 Å². The molecular formula is C18H28O2. The number of unbranched alkanes of at least 4 members (excludes halogenated alkanes) is 6. The molecule has 0 fully saturated rings. The van der Waals surface area contributed by atoms with E-state index in [-0.39, 0.29) is 0 Å². The summed E-state index contributed by atoms with van der Waals surface area (Å²) in [5.41, 5.74) is 1.08. The quantitative estimate of drug-likeness (QED) is 0.465. The Balaban J connectivity index is 2.00. The van der Waals surface area contributed by atoms with Crippen LogP contribution in [0.1, 0.15) is 57.4 Å². The van der Waals surface area contributed by atoms with Gasteiger partial charge in [0.1, 0.15) is 0 Å². The van der Waals surface area contributed by atoms with Gasteiger partial charge in [-0.3, -0.25) is 0 Å². The third kappa shape index (κ3) is 8.89. The summed E-state index contributed by atoms with van der Waals surface area (Å²) in [5.74, 6) is 0. The number of aliphatic hydroxyl groups is 1. The van der Waals surface area contributed by atoms with Gasteiger partial charge in [0.15, 0.2) is 6.29 Å². The summed E-state index contributed by atoms with van der Waals surface area (Å²) in [6.45, 7) is 2.87. The van der Waals surface area contributed by atoms with E-state index in [4.69, 9.17) is 4.74 Å². The van der Waals surface area contributed by atoms with Crippen LogP contribution in [0.25, 0.3) is 6.08 Å². The first-order valence-corrected chi connectivity index (χ1v) is 7.86. The lowest BCUT2D eigenvalue weighted by Gasteiger charge is -2.07. The second-order valence-corrected chi connectivity index (χ2v) is 5.15. The second-order valence-electron chi connectivity index (χ2n) is 5.15. The minimum absolute atomic E-state index is 0.633. The van der Waals surface area contributed by atoms with Crippen molar-refractivity contribution < 1.29 is 9.84 Å². The lowest BCUT2D eigenvalue weighted by atomic mass is 10.1. The Morgan fingerprint density at radius 3 is 2.35 bits per heavy atom. The molecule has 0 aliphatic carbocycles.